The van der Waals surface area contributed by atoms with Crippen LogP contribution < -0.4 is 4.90 Å². The fourth-order valence-corrected chi connectivity index (χ4v) is 3.32. The lowest BCUT2D eigenvalue weighted by atomic mass is 10.1. The fourth-order valence-electron chi connectivity index (χ4n) is 2.81. The molecule has 1 atom stereocenters. The molecule has 0 bridgehead atoms. The highest BCUT2D eigenvalue weighted by molar-refractivity contribution is 7.76. The van der Waals surface area contributed by atoms with Crippen molar-refractivity contribution in [3.63, 3.8) is 0 Å². The minimum atomic E-state index is -2.14. The van der Waals surface area contributed by atoms with Crippen molar-refractivity contribution in [1.82, 2.24) is 14.3 Å². The number of aromatic nitrogens is 2. The number of rotatable bonds is 2. The van der Waals surface area contributed by atoms with E-state index in [1.54, 1.807) is 6.33 Å². The van der Waals surface area contributed by atoms with Crippen LogP contribution >= 0.6 is 12.4 Å². The molecular formula is C15H20ClN6O2S-. The predicted molar refractivity (Wildman–Crippen MR) is 97.0 cm³/mol. The number of fused-ring (bicyclic) bond motifs is 1. The lowest BCUT2D eigenvalue weighted by Gasteiger charge is -2.24. The molecule has 1 unspecified atom stereocenters. The van der Waals surface area contributed by atoms with Crippen LogP contribution in [0.2, 0.25) is 0 Å². The van der Waals surface area contributed by atoms with Crippen molar-refractivity contribution >= 4 is 40.4 Å². The maximum absolute atomic E-state index is 11.1. The van der Waals surface area contributed by atoms with Crippen LogP contribution in [0.3, 0.4) is 0 Å². The minimum Gasteiger partial charge on any atom is -0.760 e. The van der Waals surface area contributed by atoms with E-state index in [1.807, 2.05) is 0 Å². The van der Waals surface area contributed by atoms with Crippen LogP contribution in [0, 0.1) is 24.6 Å². The average Bonchev–Trinajstić information content (AvgIpc) is 2.83. The third-order valence-corrected chi connectivity index (χ3v) is 4.98. The van der Waals surface area contributed by atoms with Gasteiger partial charge in [-0.3, -0.25) is 4.21 Å². The highest BCUT2D eigenvalue weighted by atomic mass is 35.5. The normalized spacial score (nSPS) is 16.3. The van der Waals surface area contributed by atoms with Gasteiger partial charge in [0.15, 0.2) is 0 Å². The highest BCUT2D eigenvalue weighted by Gasteiger charge is 2.18. The number of hydrogen-bond acceptors (Lipinski definition) is 7. The number of hydrogen-bond donors (Lipinski definition) is 0. The van der Waals surface area contributed by atoms with Gasteiger partial charge in [-0.05, 0) is 43.5 Å². The Morgan fingerprint density at radius 2 is 1.76 bits per heavy atom. The maximum Gasteiger partial charge on any atom is 0.139 e. The molecule has 8 nitrogen and oxygen atoms in total. The zero-order valence-electron chi connectivity index (χ0n) is 14.1. The van der Waals surface area contributed by atoms with Gasteiger partial charge in [0.1, 0.15) is 12.1 Å². The molecule has 3 rings (SSSR count). The first-order chi connectivity index (χ1) is 11.6. The van der Waals surface area contributed by atoms with Gasteiger partial charge in [0.25, 0.3) is 0 Å². The number of nitrogens with zero attached hydrogens (tertiary/aromatic N) is 6. The first-order valence-electron chi connectivity index (χ1n) is 7.57. The molecule has 136 valence electrons. The highest BCUT2D eigenvalue weighted by Crippen LogP contribution is 2.26. The van der Waals surface area contributed by atoms with Crippen LogP contribution in [0.25, 0.3) is 10.9 Å². The summed E-state index contributed by atoms with van der Waals surface area (Å²) in [5.41, 5.74) is 3.35. The molecule has 25 heavy (non-hydrogen) atoms. The first kappa shape index (κ1) is 21.2. The molecule has 0 N–H and O–H groups in total. The largest absolute Gasteiger partial charge is 0.760 e. The molecule has 10 heteroatoms. The quantitative estimate of drug-likeness (QED) is 0.574. The lowest BCUT2D eigenvalue weighted by Crippen LogP contribution is -2.32. The van der Waals surface area contributed by atoms with Crippen molar-refractivity contribution in [2.75, 3.05) is 31.1 Å². The Balaban J connectivity index is 0.00000101. The van der Waals surface area contributed by atoms with Gasteiger partial charge in [0, 0.05) is 53.6 Å². The predicted octanol–water partition coefficient (Wildman–Crippen LogP) is 2.00. The lowest BCUT2D eigenvalue weighted by molar-refractivity contribution is 0.405. The standard InChI is InChI=1S/C15H20N4O2S.ClH.N2/c1-11-8-13-14(9-12(11)2)16-10-17-15(13)18-4-3-5-19(7-6-18)22(20)21;;1-2/h8-10H,3-7H2,1-2H3,(H,20,21);1H;/p-1. The molecule has 0 spiro atoms. The topological polar surface area (TPSA) is 120 Å². The van der Waals surface area contributed by atoms with E-state index in [9.17, 15) is 8.76 Å². The Hall–Kier alpha value is -1.86. The summed E-state index contributed by atoms with van der Waals surface area (Å²) < 4.78 is 23.7. The number of aryl methyl sites for hydroxylation is 2. The molecule has 1 aromatic heterocycles. The summed E-state index contributed by atoms with van der Waals surface area (Å²) in [7, 11) is 0. The summed E-state index contributed by atoms with van der Waals surface area (Å²) in [6.07, 6.45) is 2.38. The second kappa shape index (κ2) is 9.58. The van der Waals surface area contributed by atoms with E-state index in [1.165, 1.54) is 15.4 Å². The van der Waals surface area contributed by atoms with Crippen LogP contribution in [0.1, 0.15) is 17.5 Å². The summed E-state index contributed by atoms with van der Waals surface area (Å²) in [4.78, 5) is 11.0. The maximum atomic E-state index is 11.1. The van der Waals surface area contributed by atoms with Crippen LogP contribution in [0.15, 0.2) is 18.5 Å². The van der Waals surface area contributed by atoms with Gasteiger partial charge in [-0.25, -0.2) is 14.3 Å². The van der Waals surface area contributed by atoms with E-state index in [2.05, 4.69) is 40.8 Å². The summed E-state index contributed by atoms with van der Waals surface area (Å²) in [6.45, 7) is 6.65. The van der Waals surface area contributed by atoms with Crippen molar-refractivity contribution in [1.29, 1.82) is 10.8 Å². The molecule has 1 aromatic carbocycles. The molecule has 1 fully saturated rings. The van der Waals surface area contributed by atoms with Crippen molar-refractivity contribution in [3.8, 4) is 0 Å². The van der Waals surface area contributed by atoms with Gasteiger partial charge in [0.2, 0.25) is 0 Å². The number of anilines is 1. The van der Waals surface area contributed by atoms with Gasteiger partial charge in [-0.2, -0.15) is 0 Å². The van der Waals surface area contributed by atoms with Crippen molar-refractivity contribution in [2.24, 2.45) is 0 Å². The molecular weight excluding hydrogens is 364 g/mol. The summed E-state index contributed by atoms with van der Waals surface area (Å²) >= 11 is -2.14. The third kappa shape index (κ3) is 4.83. The van der Waals surface area contributed by atoms with Gasteiger partial charge < -0.3 is 9.45 Å². The van der Waals surface area contributed by atoms with E-state index in [4.69, 9.17) is 10.8 Å². The second-order valence-corrected chi connectivity index (χ2v) is 6.59. The molecule has 1 aliphatic heterocycles. The van der Waals surface area contributed by atoms with Crippen LogP contribution in [0.4, 0.5) is 5.82 Å². The Bertz CT molecular complexity index is 772. The molecule has 1 aliphatic rings. The van der Waals surface area contributed by atoms with Crippen LogP contribution in [0.5, 0.6) is 0 Å². The zero-order chi connectivity index (χ0) is 17.7. The Labute approximate surface area is 155 Å². The second-order valence-electron chi connectivity index (χ2n) is 5.64. The van der Waals surface area contributed by atoms with E-state index < -0.39 is 11.3 Å². The minimum absolute atomic E-state index is 0. The number of halogens is 1. The van der Waals surface area contributed by atoms with Crippen LogP contribution in [-0.4, -0.2) is 49.2 Å². The molecule has 2 heterocycles. The molecule has 0 aliphatic carbocycles. The van der Waals surface area contributed by atoms with Gasteiger partial charge >= 0.3 is 0 Å². The SMILES string of the molecule is Cc1cc2ncnc(N3CCCN(S(=O)[O-])CC3)c2cc1C.Cl.N#N. The van der Waals surface area contributed by atoms with E-state index in [0.29, 0.717) is 19.6 Å². The molecule has 2 aromatic rings. The first-order valence-corrected chi connectivity index (χ1v) is 8.60. The number of benzene rings is 1. The Morgan fingerprint density at radius 3 is 2.44 bits per heavy atom. The third-order valence-electron chi connectivity index (χ3n) is 4.19. The molecule has 0 amide bonds. The Morgan fingerprint density at radius 1 is 1.08 bits per heavy atom. The monoisotopic (exact) mass is 383 g/mol. The van der Waals surface area contributed by atoms with Crippen molar-refractivity contribution in [2.45, 2.75) is 20.3 Å². The fraction of sp³-hybridized carbons (Fsp3) is 0.467. The molecule has 0 saturated carbocycles. The van der Waals surface area contributed by atoms with E-state index in [-0.39, 0.29) is 12.4 Å². The molecule has 1 saturated heterocycles. The average molecular weight is 384 g/mol. The van der Waals surface area contributed by atoms with E-state index in [0.717, 1.165) is 29.7 Å². The van der Waals surface area contributed by atoms with Crippen molar-refractivity contribution in [3.05, 3.63) is 29.6 Å². The summed E-state index contributed by atoms with van der Waals surface area (Å²) in [6, 6.07) is 4.20. The van der Waals surface area contributed by atoms with Crippen LogP contribution in [-0.2, 0) is 11.3 Å². The molecule has 0 radical (unpaired) electrons. The smallest absolute Gasteiger partial charge is 0.139 e. The summed E-state index contributed by atoms with van der Waals surface area (Å²) in [5, 5.41) is 13.0. The summed E-state index contributed by atoms with van der Waals surface area (Å²) in [5.74, 6) is 0.895. The van der Waals surface area contributed by atoms with Gasteiger partial charge in [0.05, 0.1) is 5.52 Å². The van der Waals surface area contributed by atoms with Gasteiger partial charge in [-0.1, -0.05) is 0 Å². The van der Waals surface area contributed by atoms with E-state index >= 15 is 0 Å². The van der Waals surface area contributed by atoms with Crippen molar-refractivity contribution < 1.29 is 8.76 Å². The zero-order valence-corrected chi connectivity index (χ0v) is 15.7. The Kier molecular flexibility index (Phi) is 8.12. The van der Waals surface area contributed by atoms with Gasteiger partial charge in [-0.15, -0.1) is 12.4 Å².